The van der Waals surface area contributed by atoms with Crippen LogP contribution in [0.2, 0.25) is 10.0 Å². The Balaban J connectivity index is 1.33. The highest BCUT2D eigenvalue weighted by Crippen LogP contribution is 2.39. The van der Waals surface area contributed by atoms with E-state index < -0.39 is 26.6 Å². The van der Waals surface area contributed by atoms with Crippen molar-refractivity contribution in [3.05, 3.63) is 99.5 Å². The molecule has 6 N–H and O–H groups in total. The van der Waals surface area contributed by atoms with E-state index in [0.29, 0.717) is 43.7 Å². The Kier molecular flexibility index (Phi) is 8.25. The van der Waals surface area contributed by atoms with Crippen LogP contribution in [-0.2, 0) is 16.5 Å². The van der Waals surface area contributed by atoms with Crippen molar-refractivity contribution in [2.45, 2.75) is 17.0 Å². The number of nitrogens with two attached hydrogens (primary N) is 1. The van der Waals surface area contributed by atoms with Crippen molar-refractivity contribution in [1.82, 2.24) is 0 Å². The molecule has 0 spiro atoms. The molecule has 0 radical (unpaired) electrons. The molecule has 0 saturated heterocycles. The van der Waals surface area contributed by atoms with Gasteiger partial charge in [0, 0.05) is 29.2 Å². The molecule has 44 heavy (non-hydrogen) atoms. The minimum atomic E-state index is -4.50. The van der Waals surface area contributed by atoms with E-state index in [9.17, 15) is 28.0 Å². The number of azo groups is 2. The van der Waals surface area contributed by atoms with E-state index in [0.717, 1.165) is 6.07 Å². The van der Waals surface area contributed by atoms with Crippen molar-refractivity contribution in [3.8, 4) is 22.6 Å². The highest BCUT2D eigenvalue weighted by Gasteiger charge is 2.30. The van der Waals surface area contributed by atoms with E-state index in [1.165, 1.54) is 36.4 Å². The van der Waals surface area contributed by atoms with E-state index >= 15 is 0 Å². The van der Waals surface area contributed by atoms with Crippen molar-refractivity contribution in [2.75, 3.05) is 0 Å². The van der Waals surface area contributed by atoms with Crippen LogP contribution in [0.1, 0.15) is 21.5 Å². The molecule has 1 atom stereocenters. The van der Waals surface area contributed by atoms with Gasteiger partial charge in [0.15, 0.2) is 5.66 Å². The van der Waals surface area contributed by atoms with Crippen molar-refractivity contribution in [1.29, 1.82) is 0 Å². The monoisotopic (exact) mass is 653 g/mol. The van der Waals surface area contributed by atoms with Crippen molar-refractivity contribution < 1.29 is 33.1 Å². The van der Waals surface area contributed by atoms with Gasteiger partial charge in [0.1, 0.15) is 17.1 Å². The second-order valence-electron chi connectivity index (χ2n) is 9.72. The third-order valence-corrected chi connectivity index (χ3v) is 8.04. The average Bonchev–Trinajstić information content (AvgIpc) is 2.96. The van der Waals surface area contributed by atoms with E-state index in [-0.39, 0.29) is 29.2 Å². The zero-order valence-electron chi connectivity index (χ0n) is 22.3. The van der Waals surface area contributed by atoms with Gasteiger partial charge in [-0.15, -0.1) is 0 Å². The van der Waals surface area contributed by atoms with Crippen LogP contribution < -0.4 is 5.73 Å². The summed E-state index contributed by atoms with van der Waals surface area (Å²) in [4.78, 5) is 10.8. The van der Waals surface area contributed by atoms with Crippen LogP contribution in [0.5, 0.6) is 11.5 Å². The molecule has 0 amide bonds. The van der Waals surface area contributed by atoms with Gasteiger partial charge in [-0.2, -0.15) is 28.9 Å². The minimum Gasteiger partial charge on any atom is -0.508 e. The summed E-state index contributed by atoms with van der Waals surface area (Å²) < 4.78 is 32.2. The molecule has 12 nitrogen and oxygen atoms in total. The summed E-state index contributed by atoms with van der Waals surface area (Å²) in [6.07, 6.45) is 3.01. The van der Waals surface area contributed by atoms with Gasteiger partial charge in [0.25, 0.3) is 10.1 Å². The standard InChI is InChI=1S/C29H21Cl2N5O7S/c30-24-11-17(34-33-16-3-6-26(37)22(10-16)28(39)40)1-4-20(24)21-5-2-18(12-25(21)31)35-36-29(32)8-7-15-9-19(44(41,42)43)13-27(38)23(15)14-29/h1-13,37-38H,14,32H2,(H,39,40)(H,41,42,43). The highest BCUT2D eigenvalue weighted by molar-refractivity contribution is 7.85. The van der Waals surface area contributed by atoms with Crippen LogP contribution in [-0.4, -0.2) is 39.9 Å². The number of hydrogen-bond acceptors (Lipinski definition) is 10. The summed E-state index contributed by atoms with van der Waals surface area (Å²) in [5.74, 6) is -2.03. The number of aromatic hydroxyl groups is 2. The highest BCUT2D eigenvalue weighted by atomic mass is 35.5. The predicted molar refractivity (Wildman–Crippen MR) is 163 cm³/mol. The smallest absolute Gasteiger partial charge is 0.339 e. The van der Waals surface area contributed by atoms with Crippen LogP contribution in [0.3, 0.4) is 0 Å². The Morgan fingerprint density at radius 2 is 1.39 bits per heavy atom. The van der Waals surface area contributed by atoms with Crippen LogP contribution in [0.15, 0.2) is 98.2 Å². The summed E-state index contributed by atoms with van der Waals surface area (Å²) in [5.41, 5.74) is 7.62. The molecule has 1 aliphatic carbocycles. The van der Waals surface area contributed by atoms with Gasteiger partial charge in [0.2, 0.25) is 0 Å². The fourth-order valence-electron chi connectivity index (χ4n) is 4.38. The number of aromatic carboxylic acids is 1. The Bertz CT molecular complexity index is 2030. The number of fused-ring (bicyclic) bond motifs is 1. The maximum atomic E-state index is 11.5. The zero-order valence-corrected chi connectivity index (χ0v) is 24.6. The first-order valence-corrected chi connectivity index (χ1v) is 14.7. The van der Waals surface area contributed by atoms with Crippen LogP contribution in [0.25, 0.3) is 17.2 Å². The van der Waals surface area contributed by atoms with Gasteiger partial charge in [-0.1, -0.05) is 41.4 Å². The summed E-state index contributed by atoms with van der Waals surface area (Å²) in [6.45, 7) is 0. The Labute approximate surface area is 260 Å². The Hall–Kier alpha value is -4.66. The number of phenols is 2. The van der Waals surface area contributed by atoms with Gasteiger partial charge in [-0.3, -0.25) is 4.55 Å². The molecule has 0 saturated carbocycles. The maximum Gasteiger partial charge on any atom is 0.339 e. The van der Waals surface area contributed by atoms with Crippen LogP contribution in [0.4, 0.5) is 17.1 Å². The molecule has 224 valence electrons. The molecule has 4 aromatic carbocycles. The number of nitrogens with zero attached hydrogens (tertiary/aromatic N) is 4. The quantitative estimate of drug-likeness (QED) is 0.0997. The summed E-state index contributed by atoms with van der Waals surface area (Å²) in [6, 6.07) is 15.8. The number of carboxylic acid groups (broad SMARTS) is 1. The molecule has 0 bridgehead atoms. The number of benzene rings is 4. The molecule has 5 rings (SSSR count). The molecule has 4 aromatic rings. The SMILES string of the molecule is NC1(N=Nc2ccc(-c3ccc(N=Nc4ccc(O)c(C(=O)O)c4)cc3Cl)c(Cl)c2)C=Cc2cc(S(=O)(=O)O)cc(O)c2C1. The fraction of sp³-hybridized carbons (Fsp3) is 0.0690. The molecular formula is C29H21Cl2N5O7S. The summed E-state index contributed by atoms with van der Waals surface area (Å²) in [7, 11) is -4.50. The molecule has 0 fully saturated rings. The normalized spacial score (nSPS) is 16.5. The first-order chi connectivity index (χ1) is 20.7. The van der Waals surface area contributed by atoms with Crippen molar-refractivity contribution in [3.63, 3.8) is 0 Å². The number of carbonyl (C=O) groups is 1. The van der Waals surface area contributed by atoms with Gasteiger partial charge in [-0.25, -0.2) is 4.79 Å². The fourth-order valence-corrected chi connectivity index (χ4v) is 5.47. The molecule has 1 aliphatic rings. The number of carboxylic acids is 1. The van der Waals surface area contributed by atoms with Crippen molar-refractivity contribution >= 4 is 62.4 Å². The van der Waals surface area contributed by atoms with Crippen molar-refractivity contribution in [2.24, 2.45) is 26.2 Å². The van der Waals surface area contributed by atoms with E-state index in [2.05, 4.69) is 20.5 Å². The number of phenolic OH excluding ortho intramolecular Hbond substituents is 1. The van der Waals surface area contributed by atoms with Gasteiger partial charge in [0.05, 0.1) is 32.0 Å². The molecular weight excluding hydrogens is 633 g/mol. The number of rotatable bonds is 7. The minimum absolute atomic E-state index is 0.0124. The summed E-state index contributed by atoms with van der Waals surface area (Å²) >= 11 is 13.1. The van der Waals surface area contributed by atoms with E-state index in [4.69, 9.17) is 34.0 Å². The number of hydrogen-bond donors (Lipinski definition) is 5. The topological polar surface area (TPSA) is 208 Å². The number of halogens is 2. The lowest BCUT2D eigenvalue weighted by Crippen LogP contribution is -2.39. The summed E-state index contributed by atoms with van der Waals surface area (Å²) in [5, 5.41) is 46.3. The van der Waals surface area contributed by atoms with Crippen LogP contribution >= 0.6 is 23.2 Å². The zero-order chi connectivity index (χ0) is 31.8. The molecule has 0 aromatic heterocycles. The van der Waals surface area contributed by atoms with Gasteiger partial charge >= 0.3 is 5.97 Å². The second kappa shape index (κ2) is 11.8. The molecule has 1 unspecified atom stereocenters. The predicted octanol–water partition coefficient (Wildman–Crippen LogP) is 7.44. The first-order valence-electron chi connectivity index (χ1n) is 12.5. The van der Waals surface area contributed by atoms with Gasteiger partial charge < -0.3 is 21.1 Å². The van der Waals surface area contributed by atoms with Crippen LogP contribution in [0, 0.1) is 0 Å². The Morgan fingerprint density at radius 1 is 0.818 bits per heavy atom. The third kappa shape index (κ3) is 6.61. The third-order valence-electron chi connectivity index (χ3n) is 6.58. The lowest BCUT2D eigenvalue weighted by molar-refractivity contribution is 0.0693. The van der Waals surface area contributed by atoms with E-state index in [1.807, 2.05) is 0 Å². The maximum absolute atomic E-state index is 11.5. The second-order valence-corrected chi connectivity index (χ2v) is 12.0. The lowest BCUT2D eigenvalue weighted by atomic mass is 9.90. The first kappa shape index (κ1) is 30.8. The Morgan fingerprint density at radius 3 is 1.95 bits per heavy atom. The lowest BCUT2D eigenvalue weighted by Gasteiger charge is -2.25. The molecule has 0 aliphatic heterocycles. The van der Waals surface area contributed by atoms with Gasteiger partial charge in [-0.05, 0) is 60.2 Å². The average molecular weight is 654 g/mol. The molecule has 15 heteroatoms. The largest absolute Gasteiger partial charge is 0.508 e. The molecule has 0 heterocycles. The van der Waals surface area contributed by atoms with E-state index in [1.54, 1.807) is 36.4 Å².